The van der Waals surface area contributed by atoms with Crippen LogP contribution in [0.4, 0.5) is 0 Å². The molecule has 1 aromatic carbocycles. The fraction of sp³-hybridized carbons (Fsp3) is 0.143. The minimum absolute atomic E-state index is 0.00326. The number of pyridine rings is 1. The Hall–Kier alpha value is -2.44. The van der Waals surface area contributed by atoms with Crippen LogP contribution in [-0.4, -0.2) is 22.4 Å². The summed E-state index contributed by atoms with van der Waals surface area (Å²) in [7, 11) is 0. The molecule has 136 valence electrons. The highest BCUT2D eigenvalue weighted by Crippen LogP contribution is 2.24. The summed E-state index contributed by atoms with van der Waals surface area (Å²) in [5.41, 5.74) is 4.30. The molecule has 0 fully saturated rings. The summed E-state index contributed by atoms with van der Waals surface area (Å²) in [5, 5.41) is 6.13. The SMILES string of the molecule is O=C(NCCc1ccc(Br)cc1)c1sccc1Cc1ccnc2[nH]ccc12. The second-order valence-corrected chi connectivity index (χ2v) is 8.13. The van der Waals surface area contributed by atoms with E-state index in [1.54, 1.807) is 6.20 Å². The Kier molecular flexibility index (Phi) is 5.36. The molecule has 4 rings (SSSR count). The van der Waals surface area contributed by atoms with Crippen LogP contribution in [0, 0.1) is 0 Å². The maximum absolute atomic E-state index is 12.6. The van der Waals surface area contributed by atoms with E-state index >= 15 is 0 Å². The first-order valence-corrected chi connectivity index (χ1v) is 10.4. The lowest BCUT2D eigenvalue weighted by Crippen LogP contribution is -2.25. The standard InChI is InChI=1S/C21H18BrN3OS/c22-17-3-1-14(2-4-17)5-9-25-21(26)19-16(8-12-27-19)13-15-6-10-23-20-18(15)7-11-24-20/h1-4,6-8,10-12H,5,9,13H2,(H,23,24)(H,25,26). The smallest absolute Gasteiger partial charge is 0.261 e. The Labute approximate surface area is 169 Å². The van der Waals surface area contributed by atoms with Crippen LogP contribution in [0.1, 0.15) is 26.4 Å². The molecule has 0 atom stereocenters. The van der Waals surface area contributed by atoms with Gasteiger partial charge < -0.3 is 10.3 Å². The Balaban J connectivity index is 1.42. The summed E-state index contributed by atoms with van der Waals surface area (Å²) in [6, 6.07) is 14.3. The van der Waals surface area contributed by atoms with Crippen molar-refractivity contribution in [2.75, 3.05) is 6.54 Å². The van der Waals surface area contributed by atoms with Crippen LogP contribution in [0.2, 0.25) is 0 Å². The minimum atomic E-state index is -0.00326. The predicted molar refractivity (Wildman–Crippen MR) is 113 cm³/mol. The maximum Gasteiger partial charge on any atom is 0.261 e. The number of nitrogens with one attached hydrogen (secondary N) is 2. The van der Waals surface area contributed by atoms with Crippen LogP contribution in [0.25, 0.3) is 11.0 Å². The van der Waals surface area contributed by atoms with Crippen LogP contribution >= 0.6 is 27.3 Å². The van der Waals surface area contributed by atoms with Gasteiger partial charge in [0.05, 0.1) is 4.88 Å². The zero-order valence-corrected chi connectivity index (χ0v) is 16.9. The Morgan fingerprint density at radius 2 is 1.96 bits per heavy atom. The third-order valence-electron chi connectivity index (χ3n) is 4.50. The summed E-state index contributed by atoms with van der Waals surface area (Å²) in [6.07, 6.45) is 5.23. The van der Waals surface area contributed by atoms with Gasteiger partial charge in [-0.1, -0.05) is 28.1 Å². The van der Waals surface area contributed by atoms with Crippen molar-refractivity contribution in [1.29, 1.82) is 0 Å². The molecule has 3 aromatic heterocycles. The molecule has 0 unspecified atom stereocenters. The first-order chi connectivity index (χ1) is 13.2. The van der Waals surface area contributed by atoms with Gasteiger partial charge in [-0.2, -0.15) is 0 Å². The molecule has 3 heterocycles. The summed E-state index contributed by atoms with van der Waals surface area (Å²) in [5.74, 6) is -0.00326. The van der Waals surface area contributed by atoms with E-state index in [1.165, 1.54) is 22.5 Å². The first-order valence-electron chi connectivity index (χ1n) is 8.71. The number of thiophene rings is 1. The van der Waals surface area contributed by atoms with Gasteiger partial charge in [-0.15, -0.1) is 11.3 Å². The quantitative estimate of drug-likeness (QED) is 0.446. The fourth-order valence-electron chi connectivity index (χ4n) is 3.10. The molecule has 4 nitrogen and oxygen atoms in total. The third-order valence-corrected chi connectivity index (χ3v) is 5.98. The van der Waals surface area contributed by atoms with Crippen LogP contribution in [-0.2, 0) is 12.8 Å². The molecule has 0 aliphatic carbocycles. The van der Waals surface area contributed by atoms with Crippen molar-refractivity contribution in [2.24, 2.45) is 0 Å². The van der Waals surface area contributed by atoms with Gasteiger partial charge in [0, 0.05) is 28.8 Å². The summed E-state index contributed by atoms with van der Waals surface area (Å²) >= 11 is 4.93. The maximum atomic E-state index is 12.6. The number of halogens is 1. The molecule has 0 saturated heterocycles. The molecule has 0 saturated carbocycles. The van der Waals surface area contributed by atoms with E-state index in [2.05, 4.69) is 43.3 Å². The molecule has 2 N–H and O–H groups in total. The average molecular weight is 440 g/mol. The molecule has 0 bridgehead atoms. The zero-order valence-electron chi connectivity index (χ0n) is 14.5. The fourth-order valence-corrected chi connectivity index (χ4v) is 4.21. The summed E-state index contributed by atoms with van der Waals surface area (Å²) in [4.78, 5) is 20.9. The highest BCUT2D eigenvalue weighted by molar-refractivity contribution is 9.10. The molecule has 1 amide bonds. The zero-order chi connectivity index (χ0) is 18.6. The second-order valence-electron chi connectivity index (χ2n) is 6.29. The van der Waals surface area contributed by atoms with Gasteiger partial charge in [0.25, 0.3) is 5.91 Å². The monoisotopic (exact) mass is 439 g/mol. The number of carbonyl (C=O) groups excluding carboxylic acids is 1. The molecular formula is C21H18BrN3OS. The number of hydrogen-bond acceptors (Lipinski definition) is 3. The summed E-state index contributed by atoms with van der Waals surface area (Å²) in [6.45, 7) is 0.620. The van der Waals surface area contributed by atoms with Gasteiger partial charge in [0.1, 0.15) is 5.65 Å². The third kappa shape index (κ3) is 4.12. The molecule has 4 aromatic rings. The van der Waals surface area contributed by atoms with Crippen molar-refractivity contribution in [3.8, 4) is 0 Å². The molecular weight excluding hydrogens is 422 g/mol. The summed E-state index contributed by atoms with van der Waals surface area (Å²) < 4.78 is 1.06. The van der Waals surface area contributed by atoms with Gasteiger partial charge in [-0.05, 0) is 65.2 Å². The number of rotatable bonds is 6. The lowest BCUT2D eigenvalue weighted by molar-refractivity contribution is 0.0957. The van der Waals surface area contributed by atoms with Gasteiger partial charge in [0.2, 0.25) is 0 Å². The van der Waals surface area contributed by atoms with Gasteiger partial charge in [0.15, 0.2) is 0 Å². The van der Waals surface area contributed by atoms with E-state index in [4.69, 9.17) is 0 Å². The van der Waals surface area contributed by atoms with E-state index in [-0.39, 0.29) is 5.91 Å². The molecule has 0 radical (unpaired) electrons. The number of benzene rings is 1. The van der Waals surface area contributed by atoms with Crippen molar-refractivity contribution in [3.63, 3.8) is 0 Å². The number of aromatic nitrogens is 2. The first kappa shape index (κ1) is 17.9. The van der Waals surface area contributed by atoms with Crippen molar-refractivity contribution >= 4 is 44.2 Å². The Bertz CT molecular complexity index is 1070. The van der Waals surface area contributed by atoms with Gasteiger partial charge in [-0.25, -0.2) is 4.98 Å². The van der Waals surface area contributed by atoms with E-state index in [0.717, 1.165) is 38.8 Å². The van der Waals surface area contributed by atoms with Crippen LogP contribution < -0.4 is 5.32 Å². The Morgan fingerprint density at radius 3 is 2.81 bits per heavy atom. The van der Waals surface area contributed by atoms with Crippen LogP contribution in [0.3, 0.4) is 0 Å². The average Bonchev–Trinajstić information content (AvgIpc) is 3.33. The van der Waals surface area contributed by atoms with Crippen LogP contribution in [0.5, 0.6) is 0 Å². The van der Waals surface area contributed by atoms with Crippen molar-refractivity contribution < 1.29 is 4.79 Å². The highest BCUT2D eigenvalue weighted by atomic mass is 79.9. The number of fused-ring (bicyclic) bond motifs is 1. The molecule has 0 aliphatic rings. The number of aromatic amines is 1. The number of carbonyl (C=O) groups is 1. The van der Waals surface area contributed by atoms with Crippen molar-refractivity contribution in [1.82, 2.24) is 15.3 Å². The molecule has 27 heavy (non-hydrogen) atoms. The normalized spacial score (nSPS) is 11.0. The van der Waals surface area contributed by atoms with E-state index in [9.17, 15) is 4.79 Å². The topological polar surface area (TPSA) is 57.8 Å². The lowest BCUT2D eigenvalue weighted by atomic mass is 10.0. The lowest BCUT2D eigenvalue weighted by Gasteiger charge is -2.07. The Morgan fingerprint density at radius 1 is 1.11 bits per heavy atom. The predicted octanol–water partition coefficient (Wildman–Crippen LogP) is 4.95. The molecule has 0 spiro atoms. The number of nitrogens with zero attached hydrogens (tertiary/aromatic N) is 1. The van der Waals surface area contributed by atoms with E-state index in [0.29, 0.717) is 6.54 Å². The van der Waals surface area contributed by atoms with E-state index in [1.807, 2.05) is 41.9 Å². The number of H-pyrrole nitrogens is 1. The number of amides is 1. The van der Waals surface area contributed by atoms with Gasteiger partial charge in [-0.3, -0.25) is 4.79 Å². The number of hydrogen-bond donors (Lipinski definition) is 2. The van der Waals surface area contributed by atoms with Gasteiger partial charge >= 0.3 is 0 Å². The molecule has 0 aliphatic heterocycles. The van der Waals surface area contributed by atoms with Crippen LogP contribution in [0.15, 0.2) is 64.7 Å². The van der Waals surface area contributed by atoms with Crippen molar-refractivity contribution in [2.45, 2.75) is 12.8 Å². The molecule has 6 heteroatoms. The highest BCUT2D eigenvalue weighted by Gasteiger charge is 2.14. The minimum Gasteiger partial charge on any atom is -0.351 e. The second kappa shape index (κ2) is 8.06. The van der Waals surface area contributed by atoms with E-state index < -0.39 is 0 Å². The van der Waals surface area contributed by atoms with Crippen molar-refractivity contribution in [3.05, 3.63) is 86.3 Å². The largest absolute Gasteiger partial charge is 0.351 e.